The summed E-state index contributed by atoms with van der Waals surface area (Å²) < 4.78 is 2.11. The zero-order chi connectivity index (χ0) is 12.4. The van der Waals surface area contributed by atoms with Gasteiger partial charge in [-0.1, -0.05) is 0 Å². The summed E-state index contributed by atoms with van der Waals surface area (Å²) in [5.74, 6) is 0. The van der Waals surface area contributed by atoms with E-state index in [9.17, 15) is 10.1 Å². The number of nitrogens with zero attached hydrogens (tertiary/aromatic N) is 3. The van der Waals surface area contributed by atoms with Gasteiger partial charge in [0.1, 0.15) is 0 Å². The van der Waals surface area contributed by atoms with Crippen LogP contribution in [0.1, 0.15) is 5.69 Å². The van der Waals surface area contributed by atoms with E-state index in [0.29, 0.717) is 15.9 Å². The molecule has 17 heavy (non-hydrogen) atoms. The van der Waals surface area contributed by atoms with Crippen LogP contribution < -0.4 is 0 Å². The predicted octanol–water partition coefficient (Wildman–Crippen LogP) is 2.04. The minimum absolute atomic E-state index is 0.00941. The largest absolute Gasteiger partial charge is 0.390 e. The Balaban J connectivity index is 2.42. The van der Waals surface area contributed by atoms with Gasteiger partial charge in [-0.2, -0.15) is 5.10 Å². The average molecular weight is 298 g/mol. The first kappa shape index (κ1) is 11.7. The van der Waals surface area contributed by atoms with Crippen molar-refractivity contribution >= 4 is 21.6 Å². The molecule has 2 rings (SSSR count). The van der Waals surface area contributed by atoms with Crippen LogP contribution >= 0.6 is 15.9 Å². The second kappa shape index (κ2) is 4.64. The number of nitro benzene ring substituents is 1. The van der Waals surface area contributed by atoms with Gasteiger partial charge in [0, 0.05) is 18.3 Å². The van der Waals surface area contributed by atoms with Gasteiger partial charge in [0.05, 0.1) is 27.4 Å². The number of aliphatic hydroxyl groups is 1. The Morgan fingerprint density at radius 1 is 1.47 bits per heavy atom. The molecule has 0 spiro atoms. The molecule has 0 saturated carbocycles. The number of aromatic nitrogens is 2. The molecule has 0 saturated heterocycles. The third-order valence-electron chi connectivity index (χ3n) is 2.20. The van der Waals surface area contributed by atoms with E-state index in [1.807, 2.05) is 0 Å². The number of nitro groups is 1. The molecule has 1 aromatic carbocycles. The van der Waals surface area contributed by atoms with Gasteiger partial charge in [-0.3, -0.25) is 10.1 Å². The van der Waals surface area contributed by atoms with E-state index in [-0.39, 0.29) is 12.3 Å². The normalized spacial score (nSPS) is 10.5. The molecule has 0 aliphatic heterocycles. The van der Waals surface area contributed by atoms with Gasteiger partial charge in [-0.25, -0.2) is 4.68 Å². The van der Waals surface area contributed by atoms with Crippen LogP contribution in [0.25, 0.3) is 5.69 Å². The van der Waals surface area contributed by atoms with Crippen LogP contribution in [-0.2, 0) is 6.61 Å². The van der Waals surface area contributed by atoms with Gasteiger partial charge in [-0.05, 0) is 28.1 Å². The Hall–Kier alpha value is -1.73. The van der Waals surface area contributed by atoms with E-state index >= 15 is 0 Å². The lowest BCUT2D eigenvalue weighted by molar-refractivity contribution is -0.384. The SMILES string of the molecule is O=[N+]([O-])c1ccc(-n2ccc(CO)n2)c(Br)c1. The summed E-state index contributed by atoms with van der Waals surface area (Å²) in [5.41, 5.74) is 1.22. The van der Waals surface area contributed by atoms with Crippen molar-refractivity contribution in [3.8, 4) is 5.69 Å². The maximum atomic E-state index is 10.6. The molecular formula is C10H8BrN3O3. The molecule has 0 unspecified atom stereocenters. The Bertz CT molecular complexity index is 568. The molecule has 0 aliphatic rings. The van der Waals surface area contributed by atoms with Crippen LogP contribution in [-0.4, -0.2) is 19.8 Å². The average Bonchev–Trinajstić information content (AvgIpc) is 2.77. The number of halogens is 1. The van der Waals surface area contributed by atoms with Gasteiger partial charge < -0.3 is 5.11 Å². The summed E-state index contributed by atoms with van der Waals surface area (Å²) in [5, 5.41) is 23.6. The minimum atomic E-state index is -0.462. The fourth-order valence-electron chi connectivity index (χ4n) is 1.38. The summed E-state index contributed by atoms with van der Waals surface area (Å²) in [4.78, 5) is 10.1. The van der Waals surface area contributed by atoms with Gasteiger partial charge in [0.2, 0.25) is 0 Å². The highest BCUT2D eigenvalue weighted by molar-refractivity contribution is 9.10. The smallest absolute Gasteiger partial charge is 0.270 e. The molecule has 88 valence electrons. The molecule has 0 aliphatic carbocycles. The molecule has 1 N–H and O–H groups in total. The number of hydrogen-bond donors (Lipinski definition) is 1. The molecular weight excluding hydrogens is 290 g/mol. The van der Waals surface area contributed by atoms with Crippen molar-refractivity contribution < 1.29 is 10.0 Å². The number of benzene rings is 1. The maximum absolute atomic E-state index is 10.6. The Morgan fingerprint density at radius 3 is 2.76 bits per heavy atom. The quantitative estimate of drug-likeness (QED) is 0.694. The van der Waals surface area contributed by atoms with Gasteiger partial charge in [0.15, 0.2) is 0 Å². The van der Waals surface area contributed by atoms with Crippen LogP contribution in [0.5, 0.6) is 0 Å². The van der Waals surface area contributed by atoms with E-state index in [4.69, 9.17) is 5.11 Å². The first-order valence-electron chi connectivity index (χ1n) is 4.71. The molecule has 1 aromatic heterocycles. The van der Waals surface area contributed by atoms with Crippen molar-refractivity contribution in [1.29, 1.82) is 0 Å². The Labute approximate surface area is 105 Å². The molecule has 0 fully saturated rings. The minimum Gasteiger partial charge on any atom is -0.390 e. The number of aliphatic hydroxyl groups excluding tert-OH is 1. The molecule has 6 nitrogen and oxygen atoms in total. The third-order valence-corrected chi connectivity index (χ3v) is 2.83. The van der Waals surface area contributed by atoms with Crippen molar-refractivity contribution in [2.75, 3.05) is 0 Å². The highest BCUT2D eigenvalue weighted by atomic mass is 79.9. The summed E-state index contributed by atoms with van der Waals surface area (Å²) in [6, 6.07) is 6.08. The molecule has 0 amide bonds. The molecule has 0 radical (unpaired) electrons. The standard InChI is InChI=1S/C10H8BrN3O3/c11-9-5-8(14(16)17)1-2-10(9)13-4-3-7(6-15)12-13/h1-5,15H,6H2. The van der Waals surface area contributed by atoms with Crippen LogP contribution in [0.3, 0.4) is 0 Å². The first-order valence-corrected chi connectivity index (χ1v) is 5.51. The third kappa shape index (κ3) is 2.34. The van der Waals surface area contributed by atoms with Crippen molar-refractivity contribution in [2.45, 2.75) is 6.61 Å². The molecule has 2 aromatic rings. The lowest BCUT2D eigenvalue weighted by Gasteiger charge is -2.03. The zero-order valence-corrected chi connectivity index (χ0v) is 10.2. The summed E-state index contributed by atoms with van der Waals surface area (Å²) in [7, 11) is 0. The fraction of sp³-hybridized carbons (Fsp3) is 0.100. The highest BCUT2D eigenvalue weighted by Gasteiger charge is 2.10. The topological polar surface area (TPSA) is 81.2 Å². The van der Waals surface area contributed by atoms with Crippen LogP contribution in [0.15, 0.2) is 34.9 Å². The van der Waals surface area contributed by atoms with Crippen molar-refractivity contribution in [2.24, 2.45) is 0 Å². The van der Waals surface area contributed by atoms with E-state index in [1.54, 1.807) is 23.0 Å². The van der Waals surface area contributed by atoms with Crippen LogP contribution in [0.2, 0.25) is 0 Å². The van der Waals surface area contributed by atoms with E-state index in [1.165, 1.54) is 12.1 Å². The van der Waals surface area contributed by atoms with Crippen molar-refractivity contribution in [3.63, 3.8) is 0 Å². The monoisotopic (exact) mass is 297 g/mol. The second-order valence-electron chi connectivity index (χ2n) is 3.30. The zero-order valence-electron chi connectivity index (χ0n) is 8.58. The molecule has 1 heterocycles. The van der Waals surface area contributed by atoms with Crippen molar-refractivity contribution in [1.82, 2.24) is 9.78 Å². The van der Waals surface area contributed by atoms with Crippen LogP contribution in [0, 0.1) is 10.1 Å². The van der Waals surface area contributed by atoms with Crippen LogP contribution in [0.4, 0.5) is 5.69 Å². The van der Waals surface area contributed by atoms with Crippen molar-refractivity contribution in [3.05, 3.63) is 50.7 Å². The lowest BCUT2D eigenvalue weighted by Crippen LogP contribution is -1.98. The molecule has 0 bridgehead atoms. The van der Waals surface area contributed by atoms with E-state index in [0.717, 1.165) is 0 Å². The second-order valence-corrected chi connectivity index (χ2v) is 4.16. The van der Waals surface area contributed by atoms with Gasteiger partial charge >= 0.3 is 0 Å². The molecule has 7 heteroatoms. The van der Waals surface area contributed by atoms with E-state index < -0.39 is 4.92 Å². The fourth-order valence-corrected chi connectivity index (χ4v) is 1.92. The number of rotatable bonds is 3. The summed E-state index contributed by atoms with van der Waals surface area (Å²) in [6.45, 7) is -0.141. The summed E-state index contributed by atoms with van der Waals surface area (Å²) in [6.07, 6.45) is 1.68. The first-order chi connectivity index (χ1) is 8.11. The summed E-state index contributed by atoms with van der Waals surface area (Å²) >= 11 is 3.26. The lowest BCUT2D eigenvalue weighted by atomic mass is 10.3. The van der Waals surface area contributed by atoms with Gasteiger partial charge in [0.25, 0.3) is 5.69 Å². The number of hydrogen-bond acceptors (Lipinski definition) is 4. The molecule has 0 atom stereocenters. The van der Waals surface area contributed by atoms with Gasteiger partial charge in [-0.15, -0.1) is 0 Å². The number of non-ortho nitro benzene ring substituents is 1. The van der Waals surface area contributed by atoms with E-state index in [2.05, 4.69) is 21.0 Å². The highest BCUT2D eigenvalue weighted by Crippen LogP contribution is 2.25. The Kier molecular flexibility index (Phi) is 3.21. The predicted molar refractivity (Wildman–Crippen MR) is 63.8 cm³/mol. The Morgan fingerprint density at radius 2 is 2.24 bits per heavy atom. The maximum Gasteiger partial charge on any atom is 0.270 e.